The number of halogens is 3. The van der Waals surface area contributed by atoms with Crippen molar-refractivity contribution in [2.75, 3.05) is 0 Å². The topological polar surface area (TPSA) is 51.2 Å². The first-order valence-electron chi connectivity index (χ1n) is 2.80. The van der Waals surface area contributed by atoms with E-state index in [1.807, 2.05) is 13.8 Å². The average Bonchev–Trinajstić information content (AvgIpc) is 1.92. The van der Waals surface area contributed by atoms with Crippen LogP contribution in [-0.4, -0.2) is 16.7 Å². The molecule has 0 aromatic rings. The Bertz CT molecular complexity index is 86.0. The summed E-state index contributed by atoms with van der Waals surface area (Å²) in [7, 11) is 0. The van der Waals surface area contributed by atoms with Crippen LogP contribution in [0.4, 0.5) is 0 Å². The van der Waals surface area contributed by atoms with Crippen molar-refractivity contribution in [3.8, 4) is 0 Å². The van der Waals surface area contributed by atoms with Crippen molar-refractivity contribution < 1.29 is 14.4 Å². The third-order valence-electron chi connectivity index (χ3n) is 0. The largest absolute Gasteiger partial charge is 0.285 e. The molecule has 0 saturated heterocycles. The lowest BCUT2D eigenvalue weighted by atomic mass is 10.9. The summed E-state index contributed by atoms with van der Waals surface area (Å²) in [6.07, 6.45) is 0. The summed E-state index contributed by atoms with van der Waals surface area (Å²) < 4.78 is 0. The molecular weight excluding hydrogens is 226 g/mol. The Balaban J connectivity index is -0.0000000368. The molecule has 0 heterocycles. The molecule has 6 heteroatoms. The van der Waals surface area contributed by atoms with Gasteiger partial charge in [0.1, 0.15) is 0 Å². The van der Waals surface area contributed by atoms with Gasteiger partial charge in [-0.15, -0.1) is 0 Å². The van der Waals surface area contributed by atoms with Crippen LogP contribution in [-0.2, 0) is 14.4 Å². The van der Waals surface area contributed by atoms with E-state index in [1.54, 1.807) is 0 Å². The van der Waals surface area contributed by atoms with Gasteiger partial charge < -0.3 is 0 Å². The zero-order chi connectivity index (χ0) is 11.0. The number of rotatable bonds is 0. The van der Waals surface area contributed by atoms with Gasteiger partial charge in [-0.2, -0.15) is 0 Å². The van der Waals surface area contributed by atoms with Crippen LogP contribution in [0.2, 0.25) is 0 Å². The summed E-state index contributed by atoms with van der Waals surface area (Å²) in [5.74, 6) is 0.444. The molecule has 0 atom stereocenters. The molecule has 0 N–H and O–H groups in total. The number of carbonyl (C=O) groups is 3. The molecule has 0 unspecified atom stereocenters. The van der Waals surface area contributed by atoms with E-state index in [1.165, 1.54) is 6.92 Å². The normalized spacial score (nSPS) is 4.83. The Kier molecular flexibility index (Phi) is 84.2. The Labute approximate surface area is 87.0 Å². The van der Waals surface area contributed by atoms with Crippen LogP contribution in [0.25, 0.3) is 0 Å². The highest BCUT2D eigenvalue weighted by molar-refractivity contribution is 6.62. The van der Waals surface area contributed by atoms with Gasteiger partial charge in [-0.05, 0) is 34.8 Å². The van der Waals surface area contributed by atoms with Crippen molar-refractivity contribution in [3.05, 3.63) is 0 Å². The molecule has 0 aliphatic rings. The van der Waals surface area contributed by atoms with Crippen LogP contribution in [0, 0.1) is 0 Å². The molecule has 12 heavy (non-hydrogen) atoms. The standard InChI is InChI=1S/C2H3ClO.C2H6.2CHClO/c1-2(3)4;1-2;2*2-1-3/h1H3;1-2H3;2*1H. The minimum absolute atomic E-state index is 0.222. The number of hydrogen-bond acceptors (Lipinski definition) is 3. The molecule has 0 amide bonds. The van der Waals surface area contributed by atoms with E-state index >= 15 is 0 Å². The van der Waals surface area contributed by atoms with Gasteiger partial charge in [0.05, 0.1) is 0 Å². The van der Waals surface area contributed by atoms with E-state index in [0.29, 0.717) is 0 Å². The van der Waals surface area contributed by atoms with Crippen LogP contribution >= 0.6 is 34.8 Å². The molecule has 74 valence electrons. The van der Waals surface area contributed by atoms with Crippen molar-refractivity contribution in [2.45, 2.75) is 20.8 Å². The molecular formula is C6H11Cl3O3. The Morgan fingerprint density at radius 3 is 1.08 bits per heavy atom. The van der Waals surface area contributed by atoms with E-state index in [-0.39, 0.29) is 16.7 Å². The van der Waals surface area contributed by atoms with E-state index in [4.69, 9.17) is 9.59 Å². The molecule has 0 bridgehead atoms. The summed E-state index contributed by atoms with van der Waals surface area (Å²) in [6, 6.07) is 0. The van der Waals surface area contributed by atoms with Crippen LogP contribution < -0.4 is 0 Å². The Morgan fingerprint density at radius 2 is 1.08 bits per heavy atom. The predicted octanol–water partition coefficient (Wildman–Crippen LogP) is 2.63. The quantitative estimate of drug-likeness (QED) is 0.481. The summed E-state index contributed by atoms with van der Waals surface area (Å²) in [5, 5.41) is -0.361. The Morgan fingerprint density at radius 1 is 1.08 bits per heavy atom. The second kappa shape index (κ2) is 44.6. The first-order chi connectivity index (χ1) is 5.56. The summed E-state index contributed by atoms with van der Waals surface area (Å²) >= 11 is 13.3. The van der Waals surface area contributed by atoms with Gasteiger partial charge in [0.15, 0.2) is 0 Å². The first kappa shape index (κ1) is 22.6. The van der Waals surface area contributed by atoms with Crippen molar-refractivity contribution >= 4 is 51.5 Å². The van der Waals surface area contributed by atoms with E-state index in [2.05, 4.69) is 34.8 Å². The second-order valence-electron chi connectivity index (χ2n) is 0.648. The van der Waals surface area contributed by atoms with Gasteiger partial charge >= 0.3 is 0 Å². The van der Waals surface area contributed by atoms with Crippen LogP contribution in [0.1, 0.15) is 20.8 Å². The minimum atomic E-state index is -0.361. The first-order valence-corrected chi connectivity index (χ1v) is 4.05. The van der Waals surface area contributed by atoms with Gasteiger partial charge in [0.25, 0.3) is 0 Å². The molecule has 0 radical (unpaired) electrons. The number of hydrogen-bond donors (Lipinski definition) is 0. The van der Waals surface area contributed by atoms with E-state index in [9.17, 15) is 4.79 Å². The highest BCUT2D eigenvalue weighted by atomic mass is 35.5. The molecule has 0 aromatic heterocycles. The lowest BCUT2D eigenvalue weighted by Gasteiger charge is -1.52. The van der Waals surface area contributed by atoms with Crippen molar-refractivity contribution in [1.29, 1.82) is 0 Å². The van der Waals surface area contributed by atoms with Crippen LogP contribution in [0.3, 0.4) is 0 Å². The maximum atomic E-state index is 9.21. The average molecular weight is 238 g/mol. The zero-order valence-electron chi connectivity index (χ0n) is 7.01. The minimum Gasteiger partial charge on any atom is -0.285 e. The molecule has 0 aromatic carbocycles. The summed E-state index contributed by atoms with van der Waals surface area (Å²) in [5.41, 5.74) is 0. The van der Waals surface area contributed by atoms with Crippen LogP contribution in [0.15, 0.2) is 0 Å². The van der Waals surface area contributed by atoms with Gasteiger partial charge in [0.2, 0.25) is 16.7 Å². The maximum Gasteiger partial charge on any atom is 0.218 e. The second-order valence-corrected chi connectivity index (χ2v) is 1.54. The van der Waals surface area contributed by atoms with Gasteiger partial charge in [-0.25, -0.2) is 0 Å². The van der Waals surface area contributed by atoms with Crippen molar-refractivity contribution in [3.63, 3.8) is 0 Å². The van der Waals surface area contributed by atoms with E-state index < -0.39 is 0 Å². The maximum absolute atomic E-state index is 9.21. The lowest BCUT2D eigenvalue weighted by Crippen LogP contribution is -1.62. The van der Waals surface area contributed by atoms with Crippen molar-refractivity contribution in [2.24, 2.45) is 0 Å². The third kappa shape index (κ3) is 54100. The van der Waals surface area contributed by atoms with Gasteiger partial charge in [-0.3, -0.25) is 14.4 Å². The molecule has 0 saturated carbocycles. The molecule has 0 fully saturated rings. The summed E-state index contributed by atoms with van der Waals surface area (Å²) in [4.78, 5) is 26.4. The third-order valence-corrected chi connectivity index (χ3v) is 0. The van der Waals surface area contributed by atoms with Crippen molar-refractivity contribution in [1.82, 2.24) is 0 Å². The van der Waals surface area contributed by atoms with Crippen LogP contribution in [0.5, 0.6) is 0 Å². The van der Waals surface area contributed by atoms with E-state index in [0.717, 1.165) is 0 Å². The smallest absolute Gasteiger partial charge is 0.218 e. The van der Waals surface area contributed by atoms with Gasteiger partial charge in [0, 0.05) is 6.92 Å². The lowest BCUT2D eigenvalue weighted by molar-refractivity contribution is -0.109. The fourth-order valence-electron chi connectivity index (χ4n) is 0. The fraction of sp³-hybridized carbons (Fsp3) is 0.500. The monoisotopic (exact) mass is 236 g/mol. The number of carbonyl (C=O) groups excluding carboxylic acids is 3. The molecule has 0 spiro atoms. The van der Waals surface area contributed by atoms with Gasteiger partial charge in [-0.1, -0.05) is 13.8 Å². The SMILES string of the molecule is CC.CC(=O)Cl.O=CCl.O=CCl. The molecule has 0 aliphatic heterocycles. The summed E-state index contributed by atoms with van der Waals surface area (Å²) in [6.45, 7) is 5.29. The molecule has 0 aliphatic carbocycles. The fourth-order valence-corrected chi connectivity index (χ4v) is 0. The highest BCUT2D eigenvalue weighted by Gasteiger charge is 1.67. The zero-order valence-corrected chi connectivity index (χ0v) is 9.28. The molecule has 3 nitrogen and oxygen atoms in total. The highest BCUT2D eigenvalue weighted by Crippen LogP contribution is 1.67. The molecule has 0 rings (SSSR count). The predicted molar refractivity (Wildman–Crippen MR) is 53.1 cm³/mol. The Hall–Kier alpha value is -0.120.